The number of hydrogen-bond donors (Lipinski definition) is 0. The van der Waals surface area contributed by atoms with Gasteiger partial charge in [0.15, 0.2) is 0 Å². The highest BCUT2D eigenvalue weighted by Crippen LogP contribution is 2.13. The van der Waals surface area contributed by atoms with E-state index >= 15 is 0 Å². The molecule has 2 aromatic rings. The Hall–Kier alpha value is -1.70. The van der Waals surface area contributed by atoms with Crippen LogP contribution in [0.3, 0.4) is 0 Å². The number of anilines is 1. The molecule has 1 nitrogen and oxygen atoms in total. The topological polar surface area (TPSA) is 3.24 Å². The van der Waals surface area contributed by atoms with Crippen LogP contribution in [0.5, 0.6) is 0 Å². The molecule has 2 heteroatoms. The first-order valence-corrected chi connectivity index (χ1v) is 5.36. The second-order valence-electron chi connectivity index (χ2n) is 3.93. The van der Waals surface area contributed by atoms with Gasteiger partial charge < -0.3 is 4.90 Å². The molecule has 2 radical (unpaired) electrons. The maximum Gasteiger partial charge on any atom is 0.113 e. The average molecular weight is 207 g/mol. The van der Waals surface area contributed by atoms with E-state index in [1.807, 2.05) is 18.2 Å². The van der Waals surface area contributed by atoms with E-state index < -0.39 is 0 Å². The predicted molar refractivity (Wildman–Crippen MR) is 70.4 cm³/mol. The number of para-hydroxylation sites is 1. The lowest BCUT2D eigenvalue weighted by Gasteiger charge is -2.19. The Bertz CT molecular complexity index is 436. The molecule has 0 unspecified atom stereocenters. The summed E-state index contributed by atoms with van der Waals surface area (Å²) >= 11 is 0. The van der Waals surface area contributed by atoms with E-state index in [0.29, 0.717) is 0 Å². The highest BCUT2D eigenvalue weighted by atomic mass is 15.1. The highest BCUT2D eigenvalue weighted by molar-refractivity contribution is 6.32. The minimum absolute atomic E-state index is 0.811. The Morgan fingerprint density at radius 3 is 2.19 bits per heavy atom. The van der Waals surface area contributed by atoms with Crippen LogP contribution in [0.1, 0.15) is 5.56 Å². The van der Waals surface area contributed by atoms with Gasteiger partial charge in [0.05, 0.1) is 0 Å². The maximum absolute atomic E-state index is 5.65. The van der Waals surface area contributed by atoms with Crippen LogP contribution in [-0.2, 0) is 6.54 Å². The lowest BCUT2D eigenvalue weighted by Crippen LogP contribution is -2.16. The van der Waals surface area contributed by atoms with Crippen molar-refractivity contribution in [2.75, 3.05) is 11.9 Å². The molecule has 0 amide bonds. The first-order chi connectivity index (χ1) is 7.75. The molecule has 78 valence electrons. The highest BCUT2D eigenvalue weighted by Gasteiger charge is 2.00. The first-order valence-electron chi connectivity index (χ1n) is 5.36. The van der Waals surface area contributed by atoms with Crippen molar-refractivity contribution in [3.63, 3.8) is 0 Å². The van der Waals surface area contributed by atoms with Crippen molar-refractivity contribution in [1.29, 1.82) is 0 Å². The van der Waals surface area contributed by atoms with Gasteiger partial charge in [-0.3, -0.25) is 0 Å². The smallest absolute Gasteiger partial charge is 0.113 e. The van der Waals surface area contributed by atoms with Gasteiger partial charge in [0.1, 0.15) is 7.85 Å². The minimum atomic E-state index is 0.811. The third-order valence-electron chi connectivity index (χ3n) is 2.60. The lowest BCUT2D eigenvalue weighted by atomic mass is 9.95. The van der Waals surface area contributed by atoms with E-state index in [-0.39, 0.29) is 0 Å². The van der Waals surface area contributed by atoms with E-state index in [0.717, 1.165) is 12.0 Å². The van der Waals surface area contributed by atoms with Gasteiger partial charge in [0, 0.05) is 19.3 Å². The molecule has 0 atom stereocenters. The van der Waals surface area contributed by atoms with Crippen LogP contribution in [0.15, 0.2) is 54.6 Å². The summed E-state index contributed by atoms with van der Waals surface area (Å²) in [5, 5.41) is 0. The van der Waals surface area contributed by atoms with Crippen LogP contribution in [0.2, 0.25) is 0 Å². The van der Waals surface area contributed by atoms with Gasteiger partial charge >= 0.3 is 0 Å². The molecule has 0 aliphatic rings. The van der Waals surface area contributed by atoms with Crippen molar-refractivity contribution in [2.45, 2.75) is 6.54 Å². The van der Waals surface area contributed by atoms with Crippen LogP contribution in [0, 0.1) is 0 Å². The summed E-state index contributed by atoms with van der Waals surface area (Å²) < 4.78 is 0. The van der Waals surface area contributed by atoms with Gasteiger partial charge in [-0.05, 0) is 17.7 Å². The normalized spacial score (nSPS) is 10.1. The zero-order valence-electron chi connectivity index (χ0n) is 9.43. The molecule has 0 aliphatic carbocycles. The molecule has 2 rings (SSSR count). The zero-order chi connectivity index (χ0) is 11.4. The van der Waals surface area contributed by atoms with Crippen LogP contribution in [0.4, 0.5) is 5.69 Å². The Kier molecular flexibility index (Phi) is 3.30. The molecule has 0 heterocycles. The second-order valence-corrected chi connectivity index (χ2v) is 3.93. The second kappa shape index (κ2) is 4.89. The molecular formula is C14H14BN. The Labute approximate surface area is 98.1 Å². The van der Waals surface area contributed by atoms with Crippen LogP contribution in [-0.4, -0.2) is 14.9 Å². The van der Waals surface area contributed by atoms with Crippen molar-refractivity contribution in [2.24, 2.45) is 0 Å². The fourth-order valence-electron chi connectivity index (χ4n) is 1.67. The van der Waals surface area contributed by atoms with Gasteiger partial charge in [0.25, 0.3) is 0 Å². The van der Waals surface area contributed by atoms with Gasteiger partial charge in [-0.2, -0.15) is 0 Å². The molecule has 16 heavy (non-hydrogen) atoms. The molecule has 0 saturated heterocycles. The third kappa shape index (κ3) is 2.66. The van der Waals surface area contributed by atoms with Gasteiger partial charge in [-0.25, -0.2) is 0 Å². The molecule has 0 N–H and O–H groups in total. The first kappa shape index (κ1) is 10.8. The summed E-state index contributed by atoms with van der Waals surface area (Å²) in [7, 11) is 7.74. The van der Waals surface area contributed by atoms with Crippen LogP contribution in [0.25, 0.3) is 0 Å². The summed E-state index contributed by atoms with van der Waals surface area (Å²) in [4.78, 5) is 2.21. The Morgan fingerprint density at radius 2 is 1.56 bits per heavy atom. The Balaban J connectivity index is 2.08. The number of benzene rings is 2. The number of nitrogens with zero attached hydrogens (tertiary/aromatic N) is 1. The fraction of sp³-hybridized carbons (Fsp3) is 0.143. The maximum atomic E-state index is 5.65. The molecule has 0 spiro atoms. The average Bonchev–Trinajstić information content (AvgIpc) is 2.33. The monoisotopic (exact) mass is 207 g/mol. The van der Waals surface area contributed by atoms with Gasteiger partial charge in [0.2, 0.25) is 0 Å². The van der Waals surface area contributed by atoms with E-state index in [2.05, 4.69) is 48.3 Å². The molecule has 2 aromatic carbocycles. The molecule has 0 bridgehead atoms. The van der Waals surface area contributed by atoms with Crippen molar-refractivity contribution < 1.29 is 0 Å². The van der Waals surface area contributed by atoms with Crippen molar-refractivity contribution in [3.05, 3.63) is 60.2 Å². The summed E-state index contributed by atoms with van der Waals surface area (Å²) in [6, 6.07) is 18.4. The van der Waals surface area contributed by atoms with Gasteiger partial charge in [-0.1, -0.05) is 47.9 Å². The third-order valence-corrected chi connectivity index (χ3v) is 2.60. The van der Waals surface area contributed by atoms with E-state index in [9.17, 15) is 0 Å². The summed E-state index contributed by atoms with van der Waals surface area (Å²) in [6.45, 7) is 0.893. The Morgan fingerprint density at radius 1 is 0.938 bits per heavy atom. The largest absolute Gasteiger partial charge is 0.370 e. The molecule has 0 fully saturated rings. The predicted octanol–water partition coefficient (Wildman–Crippen LogP) is 2.12. The van der Waals surface area contributed by atoms with E-state index in [1.165, 1.54) is 11.3 Å². The van der Waals surface area contributed by atoms with Gasteiger partial charge in [-0.15, -0.1) is 0 Å². The molecule has 0 aliphatic heterocycles. The zero-order valence-corrected chi connectivity index (χ0v) is 9.43. The molecule has 0 saturated carbocycles. The fourth-order valence-corrected chi connectivity index (χ4v) is 1.67. The van der Waals surface area contributed by atoms with Crippen molar-refractivity contribution in [1.82, 2.24) is 0 Å². The van der Waals surface area contributed by atoms with Crippen molar-refractivity contribution in [3.8, 4) is 0 Å². The van der Waals surface area contributed by atoms with E-state index in [4.69, 9.17) is 7.85 Å². The minimum Gasteiger partial charge on any atom is -0.370 e. The number of hydrogen-bond acceptors (Lipinski definition) is 1. The quantitative estimate of drug-likeness (QED) is 0.696. The molecule has 0 aromatic heterocycles. The molecular weight excluding hydrogens is 193 g/mol. The summed E-state index contributed by atoms with van der Waals surface area (Å²) in [5.41, 5.74) is 3.30. The van der Waals surface area contributed by atoms with Crippen LogP contribution < -0.4 is 10.4 Å². The van der Waals surface area contributed by atoms with Crippen LogP contribution >= 0.6 is 0 Å². The SMILES string of the molecule is [B]c1ccc(CN(C)c2ccccc2)cc1. The lowest BCUT2D eigenvalue weighted by molar-refractivity contribution is 0.924. The standard InChI is InChI=1S/C14H14BN/c1-16(14-5-3-2-4-6-14)11-12-7-9-13(15)10-8-12/h2-10H,11H2,1H3. The van der Waals surface area contributed by atoms with Crippen molar-refractivity contribution >= 4 is 19.0 Å². The summed E-state index contributed by atoms with van der Waals surface area (Å²) in [5.74, 6) is 0. The summed E-state index contributed by atoms with van der Waals surface area (Å²) in [6.07, 6.45) is 0. The number of rotatable bonds is 3. The van der Waals surface area contributed by atoms with E-state index in [1.54, 1.807) is 0 Å².